The van der Waals surface area contributed by atoms with Crippen LogP contribution >= 0.6 is 11.6 Å². The van der Waals surface area contributed by atoms with Crippen LogP contribution in [0, 0.1) is 0 Å². The van der Waals surface area contributed by atoms with Crippen molar-refractivity contribution >= 4 is 28.5 Å². The second-order valence-electron chi connectivity index (χ2n) is 6.62. The lowest BCUT2D eigenvalue weighted by Gasteiger charge is -2.14. The third-order valence-corrected chi connectivity index (χ3v) is 5.05. The third-order valence-electron chi connectivity index (χ3n) is 4.80. The van der Waals surface area contributed by atoms with Crippen LogP contribution in [0.15, 0.2) is 46.0 Å². The summed E-state index contributed by atoms with van der Waals surface area (Å²) in [6.45, 7) is 0. The van der Waals surface area contributed by atoms with Crippen molar-refractivity contribution in [2.45, 2.75) is 0 Å². The topological polar surface area (TPSA) is 134 Å². The monoisotopic (exact) mass is 455 g/mol. The highest BCUT2D eigenvalue weighted by molar-refractivity contribution is 6.30. The van der Waals surface area contributed by atoms with E-state index >= 15 is 0 Å². The molecule has 0 aliphatic heterocycles. The summed E-state index contributed by atoms with van der Waals surface area (Å²) in [4.78, 5) is 36.3. The molecule has 4 rings (SSSR count). The van der Waals surface area contributed by atoms with E-state index in [9.17, 15) is 9.59 Å². The van der Waals surface area contributed by atoms with Crippen LogP contribution in [0.3, 0.4) is 0 Å². The number of hydrogen-bond donors (Lipinski definition) is 2. The van der Waals surface area contributed by atoms with Gasteiger partial charge in [0.15, 0.2) is 17.0 Å². The van der Waals surface area contributed by atoms with E-state index in [2.05, 4.69) is 15.0 Å². The number of aromatic amines is 1. The van der Waals surface area contributed by atoms with Crippen LogP contribution < -0.4 is 31.2 Å². The molecular weight excluding hydrogens is 438 g/mol. The predicted molar refractivity (Wildman–Crippen MR) is 120 cm³/mol. The fraction of sp³-hybridized carbons (Fsp3) is 0.143. The van der Waals surface area contributed by atoms with Gasteiger partial charge in [0, 0.05) is 10.6 Å². The Hall–Kier alpha value is -4.05. The summed E-state index contributed by atoms with van der Waals surface area (Å²) < 4.78 is 17.2. The zero-order valence-corrected chi connectivity index (χ0v) is 18.1. The number of nitrogens with two attached hydrogens (primary N) is 1. The van der Waals surface area contributed by atoms with Crippen LogP contribution in [0.25, 0.3) is 28.1 Å². The molecule has 0 radical (unpaired) electrons. The minimum absolute atomic E-state index is 0.0397. The lowest BCUT2D eigenvalue weighted by Crippen LogP contribution is -2.27. The van der Waals surface area contributed by atoms with E-state index in [1.807, 2.05) is 0 Å². The Bertz CT molecular complexity index is 1420. The normalized spacial score (nSPS) is 10.9. The van der Waals surface area contributed by atoms with Gasteiger partial charge in [0.25, 0.3) is 5.56 Å². The summed E-state index contributed by atoms with van der Waals surface area (Å²) in [6, 6.07) is 9.70. The molecule has 3 N–H and O–H groups in total. The van der Waals surface area contributed by atoms with Gasteiger partial charge in [-0.05, 0) is 36.4 Å². The largest absolute Gasteiger partial charge is 0.493 e. The molecule has 4 aromatic rings. The Balaban J connectivity index is 1.99. The van der Waals surface area contributed by atoms with Crippen LogP contribution in [0.5, 0.6) is 17.2 Å². The van der Waals surface area contributed by atoms with Gasteiger partial charge in [0.1, 0.15) is 17.2 Å². The first-order chi connectivity index (χ1) is 15.4. The van der Waals surface area contributed by atoms with Crippen LogP contribution in [0.4, 0.5) is 5.82 Å². The van der Waals surface area contributed by atoms with Gasteiger partial charge in [-0.3, -0.25) is 4.79 Å². The number of halogens is 1. The molecule has 164 valence electrons. The van der Waals surface area contributed by atoms with Gasteiger partial charge in [0.2, 0.25) is 5.75 Å². The van der Waals surface area contributed by atoms with E-state index in [4.69, 9.17) is 31.5 Å². The van der Waals surface area contributed by atoms with E-state index in [1.54, 1.807) is 36.4 Å². The van der Waals surface area contributed by atoms with Crippen molar-refractivity contribution in [3.63, 3.8) is 0 Å². The number of nitrogens with zero attached hydrogens (tertiary/aromatic N) is 3. The summed E-state index contributed by atoms with van der Waals surface area (Å²) in [6.07, 6.45) is 0. The molecule has 0 saturated heterocycles. The van der Waals surface area contributed by atoms with Crippen molar-refractivity contribution in [3.8, 4) is 34.3 Å². The Morgan fingerprint density at radius 3 is 2.12 bits per heavy atom. The number of anilines is 1. The first kappa shape index (κ1) is 21.2. The van der Waals surface area contributed by atoms with Gasteiger partial charge in [0.05, 0.1) is 27.0 Å². The van der Waals surface area contributed by atoms with Crippen molar-refractivity contribution in [3.05, 3.63) is 62.3 Å². The Kier molecular flexibility index (Phi) is 5.45. The summed E-state index contributed by atoms with van der Waals surface area (Å²) in [5.41, 5.74) is 5.73. The van der Waals surface area contributed by atoms with Gasteiger partial charge in [-0.25, -0.2) is 14.3 Å². The first-order valence-corrected chi connectivity index (χ1v) is 9.64. The second kappa shape index (κ2) is 8.23. The molecule has 32 heavy (non-hydrogen) atoms. The molecular formula is C21H18ClN5O5. The number of hydrogen-bond acceptors (Lipinski definition) is 8. The summed E-state index contributed by atoms with van der Waals surface area (Å²) in [7, 11) is 4.44. The number of benzene rings is 2. The number of methoxy groups -OCH3 is 3. The number of aromatic nitrogens is 4. The van der Waals surface area contributed by atoms with Gasteiger partial charge in [-0.1, -0.05) is 11.6 Å². The lowest BCUT2D eigenvalue weighted by molar-refractivity contribution is 0.324. The van der Waals surface area contributed by atoms with Crippen LogP contribution in [-0.4, -0.2) is 40.8 Å². The van der Waals surface area contributed by atoms with E-state index < -0.39 is 11.2 Å². The molecule has 10 nitrogen and oxygen atoms in total. The third kappa shape index (κ3) is 3.50. The number of fused-ring (bicyclic) bond motifs is 1. The molecule has 0 atom stereocenters. The van der Waals surface area contributed by atoms with Crippen molar-refractivity contribution in [1.82, 2.24) is 19.5 Å². The fourth-order valence-corrected chi connectivity index (χ4v) is 3.42. The molecule has 0 aliphatic rings. The lowest BCUT2D eigenvalue weighted by atomic mass is 10.1. The number of nitrogen functional groups attached to an aromatic ring is 1. The molecule has 0 bridgehead atoms. The minimum atomic E-state index is -0.717. The molecule has 0 unspecified atom stereocenters. The van der Waals surface area contributed by atoms with E-state index in [0.29, 0.717) is 33.5 Å². The highest BCUT2D eigenvalue weighted by Crippen LogP contribution is 2.40. The molecule has 2 aromatic carbocycles. The van der Waals surface area contributed by atoms with Crippen LogP contribution in [0.1, 0.15) is 0 Å². The molecule has 0 amide bonds. The van der Waals surface area contributed by atoms with E-state index in [1.165, 1.54) is 21.3 Å². The van der Waals surface area contributed by atoms with E-state index in [-0.39, 0.29) is 22.7 Å². The minimum Gasteiger partial charge on any atom is -0.493 e. The zero-order valence-electron chi connectivity index (χ0n) is 17.3. The SMILES string of the molecule is COc1cc(-c2nc3c(N)n(-c4ccc(Cl)cc4)c(=O)nc3c(=O)[nH]2)cc(OC)c1OC. The molecule has 0 spiro atoms. The molecule has 0 aliphatic carbocycles. The van der Waals surface area contributed by atoms with Gasteiger partial charge >= 0.3 is 5.69 Å². The Labute approximate surface area is 186 Å². The molecule has 0 saturated carbocycles. The van der Waals surface area contributed by atoms with Crippen molar-refractivity contribution in [2.75, 3.05) is 27.1 Å². The summed E-state index contributed by atoms with van der Waals surface area (Å²) in [5, 5.41) is 0.494. The summed E-state index contributed by atoms with van der Waals surface area (Å²) >= 11 is 5.93. The Morgan fingerprint density at radius 2 is 1.56 bits per heavy atom. The fourth-order valence-electron chi connectivity index (χ4n) is 3.30. The quantitative estimate of drug-likeness (QED) is 0.468. The number of ether oxygens (including phenoxy) is 3. The van der Waals surface area contributed by atoms with Crippen molar-refractivity contribution < 1.29 is 14.2 Å². The second-order valence-corrected chi connectivity index (χ2v) is 7.05. The van der Waals surface area contributed by atoms with Crippen LogP contribution in [0.2, 0.25) is 5.02 Å². The Morgan fingerprint density at radius 1 is 0.938 bits per heavy atom. The van der Waals surface area contributed by atoms with Gasteiger partial charge in [-0.2, -0.15) is 4.98 Å². The first-order valence-electron chi connectivity index (χ1n) is 9.26. The highest BCUT2D eigenvalue weighted by atomic mass is 35.5. The number of rotatable bonds is 5. The highest BCUT2D eigenvalue weighted by Gasteiger charge is 2.19. The van der Waals surface area contributed by atoms with Crippen molar-refractivity contribution in [2.24, 2.45) is 0 Å². The number of H-pyrrole nitrogens is 1. The van der Waals surface area contributed by atoms with E-state index in [0.717, 1.165) is 4.57 Å². The molecule has 2 aromatic heterocycles. The molecule has 11 heteroatoms. The molecule has 0 fully saturated rings. The standard InChI is InChI=1S/C21H18ClN5O5/c1-30-13-8-10(9-14(31-2)17(13)32-3)19-24-15-16(20(28)26-19)25-21(29)27(18(15)23)12-6-4-11(22)5-7-12/h4-9H,23H2,1-3H3,(H,24,26,28). The maximum atomic E-state index is 12.7. The molecule has 2 heterocycles. The number of nitrogens with one attached hydrogen (secondary N) is 1. The average molecular weight is 456 g/mol. The predicted octanol–water partition coefficient (Wildman–Crippen LogP) is 2.40. The van der Waals surface area contributed by atoms with Crippen LogP contribution in [-0.2, 0) is 0 Å². The average Bonchev–Trinajstić information content (AvgIpc) is 2.79. The zero-order chi connectivity index (χ0) is 23.0. The van der Waals surface area contributed by atoms with Gasteiger partial charge < -0.3 is 24.9 Å². The smallest absolute Gasteiger partial charge is 0.354 e. The summed E-state index contributed by atoms with van der Waals surface area (Å²) in [5.74, 6) is 1.28. The maximum absolute atomic E-state index is 12.7. The van der Waals surface area contributed by atoms with Gasteiger partial charge in [-0.15, -0.1) is 0 Å². The van der Waals surface area contributed by atoms with Crippen molar-refractivity contribution in [1.29, 1.82) is 0 Å². The maximum Gasteiger partial charge on any atom is 0.354 e.